The van der Waals surface area contributed by atoms with Crippen molar-refractivity contribution in [2.45, 2.75) is 12.5 Å². The van der Waals surface area contributed by atoms with Crippen LogP contribution < -0.4 is 0 Å². The maximum atomic E-state index is 13.2. The molecule has 5 nitrogen and oxygen atoms in total. The predicted molar refractivity (Wildman–Crippen MR) is 70.6 cm³/mol. The van der Waals surface area contributed by atoms with Crippen LogP contribution in [0.15, 0.2) is 36.5 Å². The van der Waals surface area contributed by atoms with Gasteiger partial charge in [0.25, 0.3) is 0 Å². The molecule has 23 heavy (non-hydrogen) atoms. The first-order valence-electron chi connectivity index (χ1n) is 6.35. The Kier molecular flexibility index (Phi) is 3.53. The Hall–Kier alpha value is -2.52. The molecule has 0 radical (unpaired) electrons. The van der Waals surface area contributed by atoms with E-state index < -0.39 is 29.5 Å². The zero-order chi connectivity index (χ0) is 16.8. The molecule has 2 aromatic heterocycles. The fourth-order valence-corrected chi connectivity index (χ4v) is 2.09. The highest BCUT2D eigenvalue weighted by Gasteiger charge is 2.35. The smallest absolute Gasteiger partial charge is 0.363 e. The number of hydrogen-bond acceptors (Lipinski definition) is 4. The number of benzene rings is 1. The number of hydrogen-bond donors (Lipinski definition) is 2. The average Bonchev–Trinajstić information content (AvgIpc) is 2.90. The first kappa shape index (κ1) is 15.4. The average molecular weight is 327 g/mol. The van der Waals surface area contributed by atoms with Gasteiger partial charge in [-0.1, -0.05) is 0 Å². The summed E-state index contributed by atoms with van der Waals surface area (Å²) in [7, 11) is 0. The lowest BCUT2D eigenvalue weighted by Gasteiger charge is -2.10. The van der Waals surface area contributed by atoms with Crippen molar-refractivity contribution in [2.24, 2.45) is 0 Å². The zero-order valence-corrected chi connectivity index (χ0v) is 11.3. The lowest BCUT2D eigenvalue weighted by molar-refractivity contribution is -0.136. The molecule has 2 N–H and O–H groups in total. The van der Waals surface area contributed by atoms with E-state index in [1.165, 1.54) is 12.1 Å². The molecule has 0 atom stereocenters. The Balaban J connectivity index is 2.26. The summed E-state index contributed by atoms with van der Waals surface area (Å²) in [6, 6.07) is 5.57. The fraction of sp³-hybridized carbons (Fsp3) is 0.143. The van der Waals surface area contributed by atoms with Gasteiger partial charge in [0.15, 0.2) is 11.9 Å². The minimum Gasteiger partial charge on any atom is -0.363 e. The van der Waals surface area contributed by atoms with Gasteiger partial charge < -0.3 is 10.2 Å². The number of aliphatic hydroxyl groups is 2. The summed E-state index contributed by atoms with van der Waals surface area (Å²) in [5.41, 5.74) is -1.77. The van der Waals surface area contributed by atoms with E-state index in [0.717, 1.165) is 28.9 Å². The molecule has 0 aliphatic rings. The third kappa shape index (κ3) is 2.88. The van der Waals surface area contributed by atoms with E-state index in [1.807, 2.05) is 0 Å². The van der Waals surface area contributed by atoms with Crippen LogP contribution in [0.25, 0.3) is 16.9 Å². The van der Waals surface area contributed by atoms with Gasteiger partial charge in [-0.05, 0) is 30.3 Å². The van der Waals surface area contributed by atoms with Crippen molar-refractivity contribution in [3.05, 3.63) is 53.6 Å². The van der Waals surface area contributed by atoms with Crippen LogP contribution in [0.3, 0.4) is 0 Å². The van der Waals surface area contributed by atoms with Crippen LogP contribution in [0.5, 0.6) is 0 Å². The van der Waals surface area contributed by atoms with Crippen LogP contribution in [-0.4, -0.2) is 24.8 Å². The van der Waals surface area contributed by atoms with Crippen LogP contribution in [-0.2, 0) is 6.18 Å². The summed E-state index contributed by atoms with van der Waals surface area (Å²) in [5, 5.41) is 22.1. The van der Waals surface area contributed by atoms with Crippen molar-refractivity contribution in [2.75, 3.05) is 0 Å². The predicted octanol–water partition coefficient (Wildman–Crippen LogP) is 2.54. The highest BCUT2D eigenvalue weighted by molar-refractivity contribution is 5.63. The van der Waals surface area contributed by atoms with Crippen molar-refractivity contribution in [1.82, 2.24) is 14.6 Å². The Bertz CT molecular complexity index is 857. The quantitative estimate of drug-likeness (QED) is 0.560. The number of rotatable bonds is 2. The van der Waals surface area contributed by atoms with E-state index in [-0.39, 0.29) is 17.0 Å². The van der Waals surface area contributed by atoms with Crippen molar-refractivity contribution in [3.8, 4) is 11.3 Å². The van der Waals surface area contributed by atoms with Crippen LogP contribution >= 0.6 is 0 Å². The molecule has 120 valence electrons. The lowest BCUT2D eigenvalue weighted by Crippen LogP contribution is -2.10. The second-order valence-electron chi connectivity index (χ2n) is 4.76. The molecule has 0 unspecified atom stereocenters. The number of imidazole rings is 1. The Morgan fingerprint density at radius 1 is 1.09 bits per heavy atom. The highest BCUT2D eigenvalue weighted by atomic mass is 19.4. The van der Waals surface area contributed by atoms with E-state index in [0.29, 0.717) is 0 Å². The van der Waals surface area contributed by atoms with E-state index in [4.69, 9.17) is 10.2 Å². The fourth-order valence-electron chi connectivity index (χ4n) is 2.09. The van der Waals surface area contributed by atoms with Crippen LogP contribution in [0.4, 0.5) is 17.6 Å². The standard InChI is InChI=1S/C14H9F4N3O2/c15-8-3-1-7(2-4-8)10-5-9(14(16,17)18)12-19-11(13(22)23)6-21(12)20-10/h1-6,13,22-23H. The second kappa shape index (κ2) is 5.28. The molecule has 0 aliphatic heterocycles. The minimum atomic E-state index is -4.72. The monoisotopic (exact) mass is 327 g/mol. The summed E-state index contributed by atoms with van der Waals surface area (Å²) in [6.07, 6.45) is -5.75. The van der Waals surface area contributed by atoms with Gasteiger partial charge in [0.2, 0.25) is 0 Å². The maximum absolute atomic E-state index is 13.2. The van der Waals surface area contributed by atoms with Crippen LogP contribution in [0, 0.1) is 5.82 Å². The summed E-state index contributed by atoms with van der Waals surface area (Å²) in [6.45, 7) is 0. The Morgan fingerprint density at radius 3 is 2.30 bits per heavy atom. The molecule has 3 rings (SSSR count). The molecule has 0 aliphatic carbocycles. The summed E-state index contributed by atoms with van der Waals surface area (Å²) in [4.78, 5) is 3.55. The number of nitrogens with zero attached hydrogens (tertiary/aromatic N) is 3. The third-order valence-corrected chi connectivity index (χ3v) is 3.15. The minimum absolute atomic E-state index is 0.0544. The zero-order valence-electron chi connectivity index (χ0n) is 11.3. The first-order valence-corrected chi connectivity index (χ1v) is 6.35. The molecule has 0 amide bonds. The van der Waals surface area contributed by atoms with Gasteiger partial charge in [0.1, 0.15) is 17.1 Å². The van der Waals surface area contributed by atoms with Gasteiger partial charge in [-0.2, -0.15) is 18.3 Å². The van der Waals surface area contributed by atoms with Crippen LogP contribution in [0.2, 0.25) is 0 Å². The van der Waals surface area contributed by atoms with Gasteiger partial charge in [0.05, 0.1) is 11.9 Å². The van der Waals surface area contributed by atoms with Gasteiger partial charge in [-0.3, -0.25) is 0 Å². The summed E-state index contributed by atoms with van der Waals surface area (Å²) < 4.78 is 53.4. The molecule has 0 fully saturated rings. The SMILES string of the molecule is OC(O)c1cn2nc(-c3ccc(F)cc3)cc(C(F)(F)F)c2n1. The lowest BCUT2D eigenvalue weighted by atomic mass is 10.1. The number of aromatic nitrogens is 3. The molecule has 0 saturated heterocycles. The van der Waals surface area contributed by atoms with E-state index in [9.17, 15) is 17.6 Å². The van der Waals surface area contributed by atoms with Gasteiger partial charge >= 0.3 is 6.18 Å². The molecule has 0 bridgehead atoms. The molecule has 0 spiro atoms. The van der Waals surface area contributed by atoms with Crippen molar-refractivity contribution >= 4 is 5.65 Å². The molecule has 2 heterocycles. The molecule has 1 aromatic carbocycles. The first-order chi connectivity index (χ1) is 10.8. The Labute approximate surface area is 126 Å². The number of fused-ring (bicyclic) bond motifs is 1. The Morgan fingerprint density at radius 2 is 1.74 bits per heavy atom. The van der Waals surface area contributed by atoms with Gasteiger partial charge in [-0.25, -0.2) is 13.9 Å². The maximum Gasteiger partial charge on any atom is 0.420 e. The molecule has 0 saturated carbocycles. The largest absolute Gasteiger partial charge is 0.420 e. The molecule has 3 aromatic rings. The van der Waals surface area contributed by atoms with Crippen molar-refractivity contribution in [1.29, 1.82) is 0 Å². The molecular weight excluding hydrogens is 318 g/mol. The number of aliphatic hydroxyl groups excluding tert-OH is 1. The summed E-state index contributed by atoms with van der Waals surface area (Å²) >= 11 is 0. The normalized spacial score (nSPS) is 12.3. The van der Waals surface area contributed by atoms with Crippen LogP contribution in [0.1, 0.15) is 17.5 Å². The van der Waals surface area contributed by atoms with Gasteiger partial charge in [-0.15, -0.1) is 0 Å². The molecule has 9 heteroatoms. The number of alkyl halides is 3. The second-order valence-corrected chi connectivity index (χ2v) is 4.76. The molecular formula is C14H9F4N3O2. The topological polar surface area (TPSA) is 70.7 Å². The highest BCUT2D eigenvalue weighted by Crippen LogP contribution is 2.34. The third-order valence-electron chi connectivity index (χ3n) is 3.15. The number of halogens is 4. The van der Waals surface area contributed by atoms with E-state index >= 15 is 0 Å². The summed E-state index contributed by atoms with van der Waals surface area (Å²) in [5.74, 6) is -0.529. The van der Waals surface area contributed by atoms with Gasteiger partial charge in [0, 0.05) is 5.56 Å². The van der Waals surface area contributed by atoms with E-state index in [1.54, 1.807) is 0 Å². The van der Waals surface area contributed by atoms with Crippen molar-refractivity contribution in [3.63, 3.8) is 0 Å². The van der Waals surface area contributed by atoms with E-state index in [2.05, 4.69) is 10.1 Å². The van der Waals surface area contributed by atoms with Crippen molar-refractivity contribution < 1.29 is 27.8 Å².